The summed E-state index contributed by atoms with van der Waals surface area (Å²) in [6, 6.07) is 12.6. The third kappa shape index (κ3) is 3.10. The van der Waals surface area contributed by atoms with Crippen molar-refractivity contribution in [2.45, 2.75) is 43.9 Å². The molecule has 2 aromatic carbocycles. The molecule has 4 nitrogen and oxygen atoms in total. The summed E-state index contributed by atoms with van der Waals surface area (Å²) in [5, 5.41) is 19.9. The minimum absolute atomic E-state index is 0.0377. The first-order valence-electron chi connectivity index (χ1n) is 10.7. The van der Waals surface area contributed by atoms with Crippen LogP contribution in [0.4, 0.5) is 0 Å². The van der Waals surface area contributed by atoms with Crippen LogP contribution in [0, 0.1) is 29.6 Å². The van der Waals surface area contributed by atoms with E-state index in [0.29, 0.717) is 17.8 Å². The highest BCUT2D eigenvalue weighted by Gasteiger charge is 2.52. The molecule has 30 heavy (non-hydrogen) atoms. The highest BCUT2D eigenvalue weighted by Crippen LogP contribution is 2.61. The van der Waals surface area contributed by atoms with Crippen LogP contribution in [-0.2, 0) is 5.41 Å². The highest BCUT2D eigenvalue weighted by molar-refractivity contribution is 6.00. The van der Waals surface area contributed by atoms with Gasteiger partial charge in [-0.05, 0) is 85.5 Å². The summed E-state index contributed by atoms with van der Waals surface area (Å²) in [5.74, 6) is 5.66. The van der Waals surface area contributed by atoms with Crippen LogP contribution in [0.2, 0.25) is 0 Å². The van der Waals surface area contributed by atoms with Gasteiger partial charge in [-0.3, -0.25) is 0 Å². The fourth-order valence-corrected chi connectivity index (χ4v) is 6.67. The molecule has 0 atom stereocenters. The Morgan fingerprint density at radius 3 is 1.93 bits per heavy atom. The van der Waals surface area contributed by atoms with Gasteiger partial charge in [0, 0.05) is 5.56 Å². The zero-order valence-electron chi connectivity index (χ0n) is 16.7. The van der Waals surface area contributed by atoms with Crippen molar-refractivity contribution in [2.24, 2.45) is 17.8 Å². The van der Waals surface area contributed by atoms with Crippen LogP contribution in [0.5, 0.6) is 0 Å². The summed E-state index contributed by atoms with van der Waals surface area (Å²) in [7, 11) is 0. The number of hydrogen-bond donors (Lipinski definition) is 2. The summed E-state index contributed by atoms with van der Waals surface area (Å²) in [6.07, 6.45) is 6.81. The molecule has 0 saturated heterocycles. The van der Waals surface area contributed by atoms with Crippen molar-refractivity contribution in [2.75, 3.05) is 0 Å². The first kappa shape index (κ1) is 18.9. The van der Waals surface area contributed by atoms with Crippen molar-refractivity contribution in [3.05, 3.63) is 70.3 Å². The molecule has 2 aromatic rings. The molecule has 0 spiro atoms. The number of hydrogen-bond acceptors (Lipinski definition) is 2. The van der Waals surface area contributed by atoms with Gasteiger partial charge < -0.3 is 10.2 Å². The van der Waals surface area contributed by atoms with Gasteiger partial charge in [-0.2, -0.15) is 0 Å². The van der Waals surface area contributed by atoms with Gasteiger partial charge in [-0.1, -0.05) is 36.1 Å². The SMILES string of the molecule is O=C(O)c1ccc(C23CC4CC(CC(C4)C2)C3)c(C(=O)O)c1C#Cc1ccccc1. The second-order valence-corrected chi connectivity index (χ2v) is 9.33. The Morgan fingerprint density at radius 1 is 0.800 bits per heavy atom. The van der Waals surface area contributed by atoms with Crippen LogP contribution in [0.25, 0.3) is 0 Å². The fraction of sp³-hybridized carbons (Fsp3) is 0.385. The molecule has 4 heteroatoms. The van der Waals surface area contributed by atoms with Crippen LogP contribution < -0.4 is 0 Å². The van der Waals surface area contributed by atoms with E-state index in [1.165, 1.54) is 19.3 Å². The van der Waals surface area contributed by atoms with Crippen molar-refractivity contribution >= 4 is 11.9 Å². The lowest BCUT2D eigenvalue weighted by molar-refractivity contribution is -0.00585. The van der Waals surface area contributed by atoms with Gasteiger partial charge >= 0.3 is 11.9 Å². The molecule has 0 amide bonds. The van der Waals surface area contributed by atoms with Gasteiger partial charge in [0.2, 0.25) is 0 Å². The minimum Gasteiger partial charge on any atom is -0.478 e. The van der Waals surface area contributed by atoms with Crippen molar-refractivity contribution in [1.82, 2.24) is 0 Å². The summed E-state index contributed by atoms with van der Waals surface area (Å²) in [5.41, 5.74) is 1.57. The summed E-state index contributed by atoms with van der Waals surface area (Å²) in [6.45, 7) is 0. The Bertz CT molecular complexity index is 1050. The van der Waals surface area contributed by atoms with E-state index in [0.717, 1.165) is 30.4 Å². The maximum absolute atomic E-state index is 12.5. The van der Waals surface area contributed by atoms with E-state index < -0.39 is 11.9 Å². The summed E-state index contributed by atoms with van der Waals surface area (Å²) < 4.78 is 0. The Morgan fingerprint density at radius 2 is 1.40 bits per heavy atom. The first-order chi connectivity index (χ1) is 14.4. The number of carboxylic acids is 2. The largest absolute Gasteiger partial charge is 0.478 e. The maximum Gasteiger partial charge on any atom is 0.337 e. The lowest BCUT2D eigenvalue weighted by Crippen LogP contribution is -2.49. The lowest BCUT2D eigenvalue weighted by Gasteiger charge is -2.57. The second kappa shape index (κ2) is 7.02. The topological polar surface area (TPSA) is 74.6 Å². The van der Waals surface area contributed by atoms with Crippen LogP contribution in [-0.4, -0.2) is 22.2 Å². The number of rotatable bonds is 3. The third-order valence-electron chi connectivity index (χ3n) is 7.36. The van der Waals surface area contributed by atoms with E-state index in [9.17, 15) is 19.8 Å². The lowest BCUT2D eigenvalue weighted by atomic mass is 9.47. The van der Waals surface area contributed by atoms with E-state index in [1.54, 1.807) is 12.1 Å². The molecule has 4 aliphatic rings. The zero-order chi connectivity index (χ0) is 20.9. The standard InChI is InChI=1S/C26H24O4/c27-24(28)21-8-9-22(26-13-17-10-18(14-26)12-19(11-17)15-26)23(25(29)30)20(21)7-6-16-4-2-1-3-5-16/h1-5,8-9,17-19H,10-15H2,(H,27,28)(H,29,30). The van der Waals surface area contributed by atoms with Crippen LogP contribution in [0.1, 0.15) is 75.9 Å². The van der Waals surface area contributed by atoms with Crippen molar-refractivity contribution in [3.63, 3.8) is 0 Å². The average Bonchev–Trinajstić information content (AvgIpc) is 2.71. The van der Waals surface area contributed by atoms with Gasteiger partial charge in [-0.15, -0.1) is 0 Å². The second-order valence-electron chi connectivity index (χ2n) is 9.33. The Hall–Kier alpha value is -3.06. The zero-order valence-corrected chi connectivity index (χ0v) is 16.7. The predicted octanol–water partition coefficient (Wildman–Crippen LogP) is 4.95. The molecule has 0 heterocycles. The molecular formula is C26H24O4. The Labute approximate surface area is 175 Å². The van der Waals surface area contributed by atoms with Gasteiger partial charge in [-0.25, -0.2) is 9.59 Å². The Kier molecular flexibility index (Phi) is 4.43. The average molecular weight is 400 g/mol. The number of carboxylic acid groups (broad SMARTS) is 2. The molecule has 4 aliphatic carbocycles. The van der Waals surface area contributed by atoms with Gasteiger partial charge in [0.15, 0.2) is 0 Å². The van der Waals surface area contributed by atoms with E-state index in [4.69, 9.17) is 0 Å². The molecule has 6 rings (SSSR count). The normalized spacial score (nSPS) is 28.6. The molecule has 152 valence electrons. The smallest absolute Gasteiger partial charge is 0.337 e. The number of benzene rings is 2. The fourth-order valence-electron chi connectivity index (χ4n) is 6.67. The highest BCUT2D eigenvalue weighted by atomic mass is 16.4. The van der Waals surface area contributed by atoms with Gasteiger partial charge in [0.25, 0.3) is 0 Å². The molecule has 0 aliphatic heterocycles. The van der Waals surface area contributed by atoms with E-state index in [2.05, 4.69) is 11.8 Å². The molecule has 4 saturated carbocycles. The molecule has 0 aromatic heterocycles. The van der Waals surface area contributed by atoms with E-state index in [1.807, 2.05) is 30.3 Å². The summed E-state index contributed by atoms with van der Waals surface area (Å²) in [4.78, 5) is 24.4. The monoisotopic (exact) mass is 400 g/mol. The number of carbonyl (C=O) groups is 2. The van der Waals surface area contributed by atoms with E-state index in [-0.39, 0.29) is 22.1 Å². The van der Waals surface area contributed by atoms with Crippen LogP contribution >= 0.6 is 0 Å². The third-order valence-corrected chi connectivity index (χ3v) is 7.36. The van der Waals surface area contributed by atoms with Crippen LogP contribution in [0.15, 0.2) is 42.5 Å². The van der Waals surface area contributed by atoms with Gasteiger partial charge in [0.1, 0.15) is 0 Å². The molecule has 4 fully saturated rings. The van der Waals surface area contributed by atoms with Crippen molar-refractivity contribution < 1.29 is 19.8 Å². The molecular weight excluding hydrogens is 376 g/mol. The summed E-state index contributed by atoms with van der Waals surface area (Å²) >= 11 is 0. The molecule has 0 unspecified atom stereocenters. The van der Waals surface area contributed by atoms with E-state index >= 15 is 0 Å². The van der Waals surface area contributed by atoms with Crippen molar-refractivity contribution in [3.8, 4) is 11.8 Å². The quantitative estimate of drug-likeness (QED) is 0.715. The molecule has 0 radical (unpaired) electrons. The van der Waals surface area contributed by atoms with Crippen LogP contribution in [0.3, 0.4) is 0 Å². The predicted molar refractivity (Wildman–Crippen MR) is 113 cm³/mol. The first-order valence-corrected chi connectivity index (χ1v) is 10.7. The molecule has 4 bridgehead atoms. The van der Waals surface area contributed by atoms with Gasteiger partial charge in [0.05, 0.1) is 16.7 Å². The van der Waals surface area contributed by atoms with Crippen molar-refractivity contribution in [1.29, 1.82) is 0 Å². The minimum atomic E-state index is -1.15. The Balaban J connectivity index is 1.69. The number of aromatic carboxylic acids is 2. The molecule has 2 N–H and O–H groups in total. The maximum atomic E-state index is 12.5.